The molecule has 1 N–H and O–H groups in total. The zero-order chi connectivity index (χ0) is 27.7. The minimum absolute atomic E-state index is 0.0148. The fourth-order valence-corrected chi connectivity index (χ4v) is 6.24. The highest BCUT2D eigenvalue weighted by atomic mass is 32.1. The Morgan fingerprint density at radius 2 is 1.90 bits per heavy atom. The molecule has 10 heteroatoms. The lowest BCUT2D eigenvalue weighted by Crippen LogP contribution is -2.51. The first-order chi connectivity index (χ1) is 19.4. The summed E-state index contributed by atoms with van der Waals surface area (Å²) < 4.78 is 5.50. The first-order valence-electron chi connectivity index (χ1n) is 13.6. The Morgan fingerprint density at radius 1 is 1.10 bits per heavy atom. The number of rotatable bonds is 4. The van der Waals surface area contributed by atoms with E-state index >= 15 is 0 Å². The van der Waals surface area contributed by atoms with Gasteiger partial charge in [-0.3, -0.25) is 14.4 Å². The molecule has 3 aliphatic heterocycles. The topological polar surface area (TPSA) is 109 Å². The number of hydrogen-bond acceptors (Lipinski definition) is 7. The van der Waals surface area contributed by atoms with Crippen molar-refractivity contribution >= 4 is 47.0 Å². The lowest BCUT2D eigenvalue weighted by molar-refractivity contribution is -0.128. The first kappa shape index (κ1) is 26.2. The molecule has 0 atom stereocenters. The van der Waals surface area contributed by atoms with E-state index in [-0.39, 0.29) is 17.7 Å². The number of furan rings is 1. The maximum absolute atomic E-state index is 13.1. The molecule has 0 aromatic carbocycles. The molecule has 3 aromatic rings. The third-order valence-corrected chi connectivity index (χ3v) is 8.73. The van der Waals surface area contributed by atoms with Crippen molar-refractivity contribution < 1.29 is 18.8 Å². The van der Waals surface area contributed by atoms with E-state index in [2.05, 4.69) is 21.4 Å². The average Bonchev–Trinajstić information content (AvgIpc) is 3.65. The third kappa shape index (κ3) is 5.36. The average molecular weight is 558 g/mol. The molecular weight excluding hydrogens is 526 g/mol. The first-order valence-corrected chi connectivity index (χ1v) is 14.5. The van der Waals surface area contributed by atoms with Crippen LogP contribution >= 0.6 is 11.3 Å². The van der Waals surface area contributed by atoms with Crippen LogP contribution in [0.2, 0.25) is 0 Å². The molecule has 2 fully saturated rings. The van der Waals surface area contributed by atoms with Crippen molar-refractivity contribution in [3.63, 3.8) is 0 Å². The normalized spacial score (nSPS) is 18.6. The summed E-state index contributed by atoms with van der Waals surface area (Å²) >= 11 is 1.58. The van der Waals surface area contributed by atoms with Gasteiger partial charge in [0.25, 0.3) is 5.91 Å². The van der Waals surface area contributed by atoms with Gasteiger partial charge in [0.2, 0.25) is 11.8 Å². The zero-order valence-corrected chi connectivity index (χ0v) is 23.2. The van der Waals surface area contributed by atoms with Crippen LogP contribution in [0.1, 0.15) is 58.8 Å². The number of nitrogens with zero attached hydrogens (tertiary/aromatic N) is 4. The van der Waals surface area contributed by atoms with Gasteiger partial charge < -0.3 is 19.5 Å². The van der Waals surface area contributed by atoms with Gasteiger partial charge in [-0.1, -0.05) is 5.57 Å². The number of aryl methyl sites for hydroxylation is 1. The second-order valence-electron chi connectivity index (χ2n) is 10.8. The molecule has 0 radical (unpaired) electrons. The van der Waals surface area contributed by atoms with Gasteiger partial charge in [0.1, 0.15) is 11.6 Å². The summed E-state index contributed by atoms with van der Waals surface area (Å²) in [6, 6.07) is 5.48. The third-order valence-electron chi connectivity index (χ3n) is 8.13. The second-order valence-corrected chi connectivity index (χ2v) is 11.5. The van der Waals surface area contributed by atoms with Gasteiger partial charge >= 0.3 is 0 Å². The highest BCUT2D eigenvalue weighted by Crippen LogP contribution is 2.41. The minimum Gasteiger partial charge on any atom is -0.456 e. The summed E-state index contributed by atoms with van der Waals surface area (Å²) in [6.45, 7) is 4.16. The van der Waals surface area contributed by atoms with Crippen molar-refractivity contribution in [2.45, 2.75) is 39.0 Å². The summed E-state index contributed by atoms with van der Waals surface area (Å²) in [7, 11) is 0. The van der Waals surface area contributed by atoms with Crippen LogP contribution in [0.3, 0.4) is 0 Å². The van der Waals surface area contributed by atoms with E-state index in [1.54, 1.807) is 46.7 Å². The molecule has 0 bridgehead atoms. The lowest BCUT2D eigenvalue weighted by atomic mass is 9.71. The van der Waals surface area contributed by atoms with Gasteiger partial charge in [-0.25, -0.2) is 9.97 Å². The largest absolute Gasteiger partial charge is 0.456 e. The van der Waals surface area contributed by atoms with Crippen LogP contribution in [0.5, 0.6) is 0 Å². The number of fused-ring (bicyclic) bond motifs is 1. The molecule has 3 aromatic heterocycles. The Kier molecular flexibility index (Phi) is 7.10. The number of carbonyl (C=O) groups is 3. The summed E-state index contributed by atoms with van der Waals surface area (Å²) in [5, 5.41) is 5.01. The van der Waals surface area contributed by atoms with E-state index in [1.165, 1.54) is 5.57 Å². The van der Waals surface area contributed by atoms with Crippen molar-refractivity contribution in [2.75, 3.05) is 31.5 Å². The van der Waals surface area contributed by atoms with Crippen molar-refractivity contribution in [2.24, 2.45) is 5.41 Å². The molecule has 40 heavy (non-hydrogen) atoms. The number of anilines is 1. The molecule has 0 aliphatic carbocycles. The SMILES string of the molecule is Cc1ccc(C(=O)N2CCC3(CC2)Cc2cc(C=CC(=O)N4CCC(=Cc5cscn5)CC4)cnc2NC3=O)o1. The molecule has 6 rings (SSSR count). The smallest absolute Gasteiger partial charge is 0.289 e. The van der Waals surface area contributed by atoms with Gasteiger partial charge in [0.15, 0.2) is 5.76 Å². The van der Waals surface area contributed by atoms with E-state index in [1.807, 2.05) is 28.8 Å². The van der Waals surface area contributed by atoms with E-state index < -0.39 is 5.41 Å². The van der Waals surface area contributed by atoms with Crippen LogP contribution < -0.4 is 5.32 Å². The van der Waals surface area contributed by atoms with Crippen LogP contribution in [0, 0.1) is 12.3 Å². The van der Waals surface area contributed by atoms with E-state index in [0.717, 1.165) is 29.7 Å². The molecule has 0 unspecified atom stereocenters. The van der Waals surface area contributed by atoms with Crippen LogP contribution in [0.4, 0.5) is 5.82 Å². The lowest BCUT2D eigenvalue weighted by Gasteiger charge is -2.42. The van der Waals surface area contributed by atoms with Gasteiger partial charge in [-0.05, 0) is 80.5 Å². The predicted octanol–water partition coefficient (Wildman–Crippen LogP) is 4.58. The number of pyridine rings is 1. The fourth-order valence-electron chi connectivity index (χ4n) is 5.73. The Hall–Kier alpha value is -4.05. The Morgan fingerprint density at radius 3 is 2.60 bits per heavy atom. The number of hydrogen-bond donors (Lipinski definition) is 1. The summed E-state index contributed by atoms with van der Waals surface area (Å²) in [4.78, 5) is 51.2. The molecular formula is C30H31N5O4S. The molecule has 3 amide bonds. The Balaban J connectivity index is 1.07. The molecule has 206 valence electrons. The second kappa shape index (κ2) is 10.8. The highest BCUT2D eigenvalue weighted by molar-refractivity contribution is 7.07. The monoisotopic (exact) mass is 557 g/mol. The maximum atomic E-state index is 13.1. The Labute approximate surface area is 236 Å². The summed E-state index contributed by atoms with van der Waals surface area (Å²) in [6.07, 6.45) is 10.6. The summed E-state index contributed by atoms with van der Waals surface area (Å²) in [5.74, 6) is 1.40. The molecule has 3 aliphatic rings. The van der Waals surface area contributed by atoms with Gasteiger partial charge in [0, 0.05) is 43.8 Å². The zero-order valence-electron chi connectivity index (χ0n) is 22.4. The fraction of sp³-hybridized carbons (Fsp3) is 0.367. The van der Waals surface area contributed by atoms with Crippen LogP contribution in [-0.4, -0.2) is 63.7 Å². The number of piperidine rings is 2. The van der Waals surface area contributed by atoms with Gasteiger partial charge in [0.05, 0.1) is 16.6 Å². The van der Waals surface area contributed by atoms with Crippen molar-refractivity contribution in [1.29, 1.82) is 0 Å². The summed E-state index contributed by atoms with van der Waals surface area (Å²) in [5.41, 5.74) is 5.32. The number of carbonyl (C=O) groups excluding carboxylic acids is 3. The Bertz CT molecular complexity index is 1490. The van der Waals surface area contributed by atoms with Crippen LogP contribution in [-0.2, 0) is 16.0 Å². The molecule has 0 saturated carbocycles. The van der Waals surface area contributed by atoms with Crippen LogP contribution in [0.25, 0.3) is 12.2 Å². The van der Waals surface area contributed by atoms with E-state index in [0.29, 0.717) is 62.8 Å². The number of aromatic nitrogens is 2. The van der Waals surface area contributed by atoms with Crippen LogP contribution in [0.15, 0.2) is 51.4 Å². The van der Waals surface area contributed by atoms with E-state index in [9.17, 15) is 14.4 Å². The maximum Gasteiger partial charge on any atom is 0.289 e. The standard InChI is InChI=1S/C30H31N5O4S/c1-20-2-4-25(39-20)28(37)35-12-8-30(9-13-35)16-23-14-22(17-31-27(23)33-29(30)38)3-5-26(36)34-10-6-21(7-11-34)15-24-18-40-19-32-24/h2-5,14-15,17-19H,6-13,16H2,1H3,(H,31,33,38). The van der Waals surface area contributed by atoms with Crippen molar-refractivity contribution in [3.05, 3.63) is 75.3 Å². The van der Waals surface area contributed by atoms with Gasteiger partial charge in [-0.2, -0.15) is 0 Å². The predicted molar refractivity (Wildman–Crippen MR) is 153 cm³/mol. The molecule has 2 saturated heterocycles. The number of thiazole rings is 1. The van der Waals surface area contributed by atoms with E-state index in [4.69, 9.17) is 4.42 Å². The highest BCUT2D eigenvalue weighted by Gasteiger charge is 2.45. The molecule has 6 heterocycles. The number of nitrogens with one attached hydrogen (secondary N) is 1. The molecule has 9 nitrogen and oxygen atoms in total. The quantitative estimate of drug-likeness (QED) is 0.471. The van der Waals surface area contributed by atoms with Crippen molar-refractivity contribution in [3.8, 4) is 0 Å². The number of amides is 3. The minimum atomic E-state index is -0.583. The van der Waals surface area contributed by atoms with Gasteiger partial charge in [-0.15, -0.1) is 11.3 Å². The van der Waals surface area contributed by atoms with Crippen molar-refractivity contribution in [1.82, 2.24) is 19.8 Å². The number of likely N-dealkylation sites (tertiary alicyclic amines) is 2. The molecule has 1 spiro atoms.